The highest BCUT2D eigenvalue weighted by molar-refractivity contribution is 8.04. The van der Waals surface area contributed by atoms with Gasteiger partial charge >= 0.3 is 11.9 Å². The van der Waals surface area contributed by atoms with Gasteiger partial charge in [-0.1, -0.05) is 11.8 Å². The van der Waals surface area contributed by atoms with Gasteiger partial charge in [0.05, 0.1) is 18.9 Å². The van der Waals surface area contributed by atoms with Crippen molar-refractivity contribution < 1.29 is 24.2 Å². The Bertz CT molecular complexity index is 467. The van der Waals surface area contributed by atoms with Gasteiger partial charge in [-0.25, -0.2) is 9.59 Å². The van der Waals surface area contributed by atoms with Crippen LogP contribution in [0.4, 0.5) is 0 Å². The molecule has 0 bridgehead atoms. The van der Waals surface area contributed by atoms with Gasteiger partial charge in [-0.3, -0.25) is 9.69 Å². The number of nitrogens with zero attached hydrogens (tertiary/aromatic N) is 1. The van der Waals surface area contributed by atoms with E-state index in [-0.39, 0.29) is 17.0 Å². The van der Waals surface area contributed by atoms with Crippen LogP contribution in [-0.2, 0) is 19.1 Å². The van der Waals surface area contributed by atoms with Crippen molar-refractivity contribution in [3.63, 3.8) is 0 Å². The Balaban J connectivity index is 2.26. The van der Waals surface area contributed by atoms with E-state index in [2.05, 4.69) is 4.74 Å². The average molecular weight is 255 g/mol. The van der Waals surface area contributed by atoms with E-state index in [0.29, 0.717) is 11.3 Å². The molecule has 2 heterocycles. The number of aliphatic carboxylic acids is 1. The van der Waals surface area contributed by atoms with Crippen LogP contribution in [0.15, 0.2) is 22.8 Å². The summed E-state index contributed by atoms with van der Waals surface area (Å²) >= 11 is 1.26. The van der Waals surface area contributed by atoms with E-state index in [1.165, 1.54) is 29.8 Å². The summed E-state index contributed by atoms with van der Waals surface area (Å²) in [5, 5.41) is 8.88. The molecule has 2 aliphatic heterocycles. The van der Waals surface area contributed by atoms with Crippen LogP contribution >= 0.6 is 11.8 Å². The molecule has 0 unspecified atom stereocenters. The van der Waals surface area contributed by atoms with Crippen LogP contribution in [0, 0.1) is 0 Å². The predicted molar refractivity (Wildman–Crippen MR) is 58.7 cm³/mol. The molecular weight excluding hydrogens is 246 g/mol. The number of carboxylic acid groups (broad SMARTS) is 1. The summed E-state index contributed by atoms with van der Waals surface area (Å²) in [6, 6.07) is 0. The minimum Gasteiger partial charge on any atom is -0.477 e. The van der Waals surface area contributed by atoms with Gasteiger partial charge in [0.15, 0.2) is 0 Å². The molecule has 0 aromatic heterocycles. The lowest BCUT2D eigenvalue weighted by molar-refractivity contribution is -0.145. The molecule has 2 aliphatic rings. The number of ether oxygens (including phenoxy) is 1. The first kappa shape index (κ1) is 11.7. The Hall–Kier alpha value is -1.76. The monoisotopic (exact) mass is 255 g/mol. The fraction of sp³-hybridized carbons (Fsp3) is 0.300. The highest BCUT2D eigenvalue weighted by Gasteiger charge is 2.47. The second-order valence-electron chi connectivity index (χ2n) is 3.41. The third-order valence-corrected chi connectivity index (χ3v) is 3.65. The maximum Gasteiger partial charge on any atom is 0.353 e. The van der Waals surface area contributed by atoms with Crippen LogP contribution in [0.5, 0.6) is 0 Å². The molecule has 90 valence electrons. The molecule has 0 saturated carbocycles. The second kappa shape index (κ2) is 4.25. The first-order valence-electron chi connectivity index (χ1n) is 4.77. The lowest BCUT2D eigenvalue weighted by atomic mass is 10.1. The number of β-lactam (4-membered cyclic amide) rings is 1. The second-order valence-corrected chi connectivity index (χ2v) is 4.63. The number of methoxy groups -OCH3 is 1. The van der Waals surface area contributed by atoms with Crippen molar-refractivity contribution in [2.45, 2.75) is 11.8 Å². The van der Waals surface area contributed by atoms with Crippen LogP contribution in [-0.4, -0.2) is 40.3 Å². The molecule has 1 N–H and O–H groups in total. The quantitative estimate of drug-likeness (QED) is 0.444. The summed E-state index contributed by atoms with van der Waals surface area (Å²) in [5.74, 6) is -1.94. The molecule has 0 aromatic rings. The van der Waals surface area contributed by atoms with Crippen molar-refractivity contribution in [3.8, 4) is 0 Å². The van der Waals surface area contributed by atoms with E-state index in [9.17, 15) is 14.4 Å². The number of carboxylic acids is 1. The molecule has 1 atom stereocenters. The molecule has 2 rings (SSSR count). The Morgan fingerprint density at radius 3 is 2.82 bits per heavy atom. The number of fused-ring (bicyclic) bond motifs is 1. The third-order valence-electron chi connectivity index (χ3n) is 2.42. The van der Waals surface area contributed by atoms with Crippen molar-refractivity contribution >= 4 is 29.6 Å². The number of thioether (sulfide) groups is 1. The largest absolute Gasteiger partial charge is 0.477 e. The van der Waals surface area contributed by atoms with Crippen molar-refractivity contribution in [1.29, 1.82) is 0 Å². The Labute approximate surface area is 101 Å². The lowest BCUT2D eigenvalue weighted by Gasteiger charge is -2.33. The number of rotatable bonds is 3. The predicted octanol–water partition coefficient (Wildman–Crippen LogP) is 0.317. The average Bonchev–Trinajstić information content (AvgIpc) is 2.58. The van der Waals surface area contributed by atoms with Crippen molar-refractivity contribution in [3.05, 3.63) is 22.8 Å². The minimum atomic E-state index is -1.17. The van der Waals surface area contributed by atoms with E-state index in [4.69, 9.17) is 5.11 Å². The lowest BCUT2D eigenvalue weighted by Crippen LogP contribution is -2.48. The highest BCUT2D eigenvalue weighted by atomic mass is 32.2. The SMILES string of the molecule is COC(=O)/C=C/C1=C(C(=O)O)N2C(=O)C[C@H]2S1. The number of esters is 1. The van der Waals surface area contributed by atoms with E-state index in [0.717, 1.165) is 6.08 Å². The van der Waals surface area contributed by atoms with Gasteiger partial charge in [0.1, 0.15) is 5.70 Å². The molecular formula is C10H9NO5S. The highest BCUT2D eigenvalue weighted by Crippen LogP contribution is 2.46. The minimum absolute atomic E-state index is 0.0589. The zero-order valence-corrected chi connectivity index (χ0v) is 9.69. The van der Waals surface area contributed by atoms with Gasteiger partial charge < -0.3 is 9.84 Å². The molecule has 6 nitrogen and oxygen atoms in total. The van der Waals surface area contributed by atoms with Gasteiger partial charge in [0, 0.05) is 11.0 Å². The van der Waals surface area contributed by atoms with Crippen LogP contribution < -0.4 is 0 Å². The first-order valence-corrected chi connectivity index (χ1v) is 5.65. The topological polar surface area (TPSA) is 83.9 Å². The van der Waals surface area contributed by atoms with Crippen molar-refractivity contribution in [2.75, 3.05) is 7.11 Å². The maximum atomic E-state index is 11.3. The van der Waals surface area contributed by atoms with E-state index in [1.807, 2.05) is 0 Å². The first-order chi connectivity index (χ1) is 8.04. The fourth-order valence-electron chi connectivity index (χ4n) is 1.61. The normalized spacial score (nSPS) is 22.8. The summed E-state index contributed by atoms with van der Waals surface area (Å²) in [4.78, 5) is 34.9. The van der Waals surface area contributed by atoms with Crippen molar-refractivity contribution in [2.24, 2.45) is 0 Å². The molecule has 1 fully saturated rings. The Morgan fingerprint density at radius 1 is 1.59 bits per heavy atom. The maximum absolute atomic E-state index is 11.3. The number of amides is 1. The van der Waals surface area contributed by atoms with Gasteiger partial charge in [0.2, 0.25) is 5.91 Å². The molecule has 17 heavy (non-hydrogen) atoms. The van der Waals surface area contributed by atoms with Gasteiger partial charge in [0.25, 0.3) is 0 Å². The number of hydrogen-bond donors (Lipinski definition) is 1. The number of hydrogen-bond acceptors (Lipinski definition) is 5. The smallest absolute Gasteiger partial charge is 0.353 e. The summed E-state index contributed by atoms with van der Waals surface area (Å²) < 4.78 is 4.41. The summed E-state index contributed by atoms with van der Waals surface area (Å²) in [7, 11) is 1.23. The summed E-state index contributed by atoms with van der Waals surface area (Å²) in [6.07, 6.45) is 2.84. The molecule has 1 amide bonds. The molecule has 0 aliphatic carbocycles. The van der Waals surface area contributed by atoms with Gasteiger partial charge in [-0.15, -0.1) is 0 Å². The Morgan fingerprint density at radius 2 is 2.29 bits per heavy atom. The van der Waals surface area contributed by atoms with E-state index >= 15 is 0 Å². The van der Waals surface area contributed by atoms with Gasteiger partial charge in [-0.2, -0.15) is 0 Å². The van der Waals surface area contributed by atoms with Crippen LogP contribution in [0.25, 0.3) is 0 Å². The van der Waals surface area contributed by atoms with Gasteiger partial charge in [-0.05, 0) is 6.08 Å². The molecule has 7 heteroatoms. The van der Waals surface area contributed by atoms with Crippen molar-refractivity contribution in [1.82, 2.24) is 4.90 Å². The third kappa shape index (κ3) is 1.93. The molecule has 0 aromatic carbocycles. The fourth-order valence-corrected chi connectivity index (χ4v) is 2.90. The standard InChI is InChI=1S/C10H9NO5S/c1-16-8(13)3-2-5-9(10(14)15)11-6(12)4-7(11)17-5/h2-3,7H,4H2,1H3,(H,14,15)/b3-2+/t7-/m1/s1. The summed E-state index contributed by atoms with van der Waals surface area (Å²) in [5.41, 5.74) is -0.0589. The number of carbonyl (C=O) groups is 3. The number of carbonyl (C=O) groups excluding carboxylic acids is 2. The zero-order valence-electron chi connectivity index (χ0n) is 8.87. The van der Waals surface area contributed by atoms with E-state index in [1.54, 1.807) is 0 Å². The van der Waals surface area contributed by atoms with Crippen LogP contribution in [0.2, 0.25) is 0 Å². The van der Waals surface area contributed by atoms with Crippen LogP contribution in [0.1, 0.15) is 6.42 Å². The van der Waals surface area contributed by atoms with E-state index < -0.39 is 11.9 Å². The number of allylic oxidation sites excluding steroid dienone is 1. The molecule has 0 spiro atoms. The zero-order chi connectivity index (χ0) is 12.6. The Kier molecular flexibility index (Phi) is 2.93. The molecule has 1 saturated heterocycles. The molecule has 0 radical (unpaired) electrons. The van der Waals surface area contributed by atoms with Crippen LogP contribution in [0.3, 0.4) is 0 Å². The summed E-state index contributed by atoms with van der Waals surface area (Å²) in [6.45, 7) is 0.